The molecule has 0 aromatic carbocycles. The van der Waals surface area contributed by atoms with Gasteiger partial charge in [0.2, 0.25) is 0 Å². The fourth-order valence-electron chi connectivity index (χ4n) is 4.43. The number of pyridine rings is 1. The van der Waals surface area contributed by atoms with Crippen LogP contribution in [0.4, 0.5) is 0 Å². The molecule has 148 valence electrons. The average molecular weight is 374 g/mol. The summed E-state index contributed by atoms with van der Waals surface area (Å²) in [5.41, 5.74) is 0.694. The van der Waals surface area contributed by atoms with E-state index in [-0.39, 0.29) is 11.1 Å². The van der Waals surface area contributed by atoms with Crippen LogP contribution in [0, 0.1) is 0 Å². The number of carboxylic acids is 1. The average Bonchev–Trinajstić information content (AvgIpc) is 2.67. The molecule has 6 nitrogen and oxygen atoms in total. The Balaban J connectivity index is 1.96. The summed E-state index contributed by atoms with van der Waals surface area (Å²) in [7, 11) is 0. The van der Waals surface area contributed by atoms with Crippen molar-refractivity contribution in [1.82, 2.24) is 9.88 Å². The number of carbonyl (C=O) groups is 2. The number of aromatic nitrogens is 1. The third-order valence-corrected chi connectivity index (χ3v) is 6.05. The molecule has 1 aromatic rings. The Labute approximate surface area is 160 Å². The van der Waals surface area contributed by atoms with Gasteiger partial charge in [-0.2, -0.15) is 0 Å². The Morgan fingerprint density at radius 3 is 2.52 bits per heavy atom. The Morgan fingerprint density at radius 1 is 1.15 bits per heavy atom. The molecule has 2 aliphatic rings. The van der Waals surface area contributed by atoms with Crippen molar-refractivity contribution < 1.29 is 14.7 Å². The normalized spacial score (nSPS) is 18.6. The minimum absolute atomic E-state index is 0.0953. The van der Waals surface area contributed by atoms with Crippen LogP contribution in [-0.4, -0.2) is 27.1 Å². The highest BCUT2D eigenvalue weighted by atomic mass is 16.4. The maximum atomic E-state index is 13.1. The van der Waals surface area contributed by atoms with Crippen LogP contribution in [0.3, 0.4) is 0 Å². The summed E-state index contributed by atoms with van der Waals surface area (Å²) in [4.78, 5) is 37.9. The predicted molar refractivity (Wildman–Crippen MR) is 103 cm³/mol. The summed E-state index contributed by atoms with van der Waals surface area (Å²) in [6.07, 6.45) is 9.08. The molecule has 3 rings (SSSR count). The summed E-state index contributed by atoms with van der Waals surface area (Å²) >= 11 is 0. The van der Waals surface area contributed by atoms with E-state index in [0.717, 1.165) is 69.0 Å². The van der Waals surface area contributed by atoms with Crippen LogP contribution in [0.1, 0.15) is 86.3 Å². The van der Waals surface area contributed by atoms with E-state index in [1.165, 1.54) is 0 Å². The highest BCUT2D eigenvalue weighted by Crippen LogP contribution is 2.29. The molecule has 0 aliphatic heterocycles. The van der Waals surface area contributed by atoms with Crippen LogP contribution in [0.2, 0.25) is 0 Å². The molecule has 1 fully saturated rings. The van der Waals surface area contributed by atoms with Gasteiger partial charge in [-0.15, -0.1) is 0 Å². The predicted octanol–water partition coefficient (Wildman–Crippen LogP) is 3.04. The van der Waals surface area contributed by atoms with Crippen molar-refractivity contribution in [3.05, 3.63) is 33.2 Å². The Hall–Kier alpha value is -2.11. The lowest BCUT2D eigenvalue weighted by atomic mass is 9.81. The molecule has 27 heavy (non-hydrogen) atoms. The second kappa shape index (κ2) is 8.28. The molecule has 2 N–H and O–H groups in total. The lowest BCUT2D eigenvalue weighted by Gasteiger charge is -2.34. The first-order chi connectivity index (χ1) is 13.0. The zero-order chi connectivity index (χ0) is 19.4. The minimum atomic E-state index is -1.24. The molecule has 0 unspecified atom stereocenters. The maximum absolute atomic E-state index is 13.1. The van der Waals surface area contributed by atoms with Gasteiger partial charge in [-0.1, -0.05) is 32.6 Å². The van der Waals surface area contributed by atoms with Crippen molar-refractivity contribution in [3.8, 4) is 0 Å². The van der Waals surface area contributed by atoms with Crippen molar-refractivity contribution in [2.24, 2.45) is 0 Å². The maximum Gasteiger partial charge on any atom is 0.329 e. The molecule has 0 atom stereocenters. The summed E-state index contributed by atoms with van der Waals surface area (Å²) in [6.45, 7) is 2.69. The molecule has 2 aliphatic carbocycles. The molecule has 0 saturated heterocycles. The Bertz CT molecular complexity index is 775. The van der Waals surface area contributed by atoms with Gasteiger partial charge in [-0.3, -0.25) is 9.59 Å². The molecule has 0 bridgehead atoms. The van der Waals surface area contributed by atoms with E-state index >= 15 is 0 Å². The Kier molecular flexibility index (Phi) is 6.02. The van der Waals surface area contributed by atoms with Gasteiger partial charge in [0.1, 0.15) is 11.1 Å². The van der Waals surface area contributed by atoms with Crippen molar-refractivity contribution in [3.63, 3.8) is 0 Å². The molecule has 1 amide bonds. The van der Waals surface area contributed by atoms with Gasteiger partial charge in [-0.05, 0) is 56.6 Å². The largest absolute Gasteiger partial charge is 0.480 e. The number of nitrogens with one attached hydrogen (secondary N) is 1. The number of rotatable bonds is 6. The molecule has 1 aromatic heterocycles. The number of hydrogen-bond acceptors (Lipinski definition) is 3. The summed E-state index contributed by atoms with van der Waals surface area (Å²) < 4.78 is 1.77. The molecule has 6 heteroatoms. The zero-order valence-corrected chi connectivity index (χ0v) is 16.2. The van der Waals surface area contributed by atoms with E-state index in [2.05, 4.69) is 12.2 Å². The van der Waals surface area contributed by atoms with Crippen LogP contribution in [0.15, 0.2) is 10.9 Å². The van der Waals surface area contributed by atoms with Crippen LogP contribution < -0.4 is 10.9 Å². The highest BCUT2D eigenvalue weighted by Gasteiger charge is 2.41. The SMILES string of the molecule is CCCCn1c2c(cc(C(=O)NC3(C(=O)O)CCCCC3)c1=O)CCCC2. The summed E-state index contributed by atoms with van der Waals surface area (Å²) in [5, 5.41) is 12.4. The van der Waals surface area contributed by atoms with Crippen molar-refractivity contribution in [1.29, 1.82) is 0 Å². The van der Waals surface area contributed by atoms with Gasteiger partial charge in [0.25, 0.3) is 11.5 Å². The van der Waals surface area contributed by atoms with Gasteiger partial charge >= 0.3 is 5.97 Å². The fourth-order valence-corrected chi connectivity index (χ4v) is 4.43. The van der Waals surface area contributed by atoms with Gasteiger partial charge in [0, 0.05) is 12.2 Å². The first-order valence-corrected chi connectivity index (χ1v) is 10.3. The van der Waals surface area contributed by atoms with Crippen LogP contribution >= 0.6 is 0 Å². The fraction of sp³-hybridized carbons (Fsp3) is 0.667. The molecule has 1 saturated carbocycles. The Morgan fingerprint density at radius 2 is 1.85 bits per heavy atom. The summed E-state index contributed by atoms with van der Waals surface area (Å²) in [6, 6.07) is 1.72. The number of amides is 1. The van der Waals surface area contributed by atoms with E-state index in [1.54, 1.807) is 10.6 Å². The third kappa shape index (κ3) is 3.94. The number of unbranched alkanes of at least 4 members (excludes halogenated alkanes) is 1. The van der Waals surface area contributed by atoms with Gasteiger partial charge in [0.05, 0.1) is 0 Å². The van der Waals surface area contributed by atoms with E-state index < -0.39 is 17.4 Å². The first-order valence-electron chi connectivity index (χ1n) is 10.3. The van der Waals surface area contributed by atoms with E-state index in [0.29, 0.717) is 19.4 Å². The molecular formula is C21H30N2O4. The number of fused-ring (bicyclic) bond motifs is 1. The van der Waals surface area contributed by atoms with Crippen LogP contribution in [-0.2, 0) is 24.2 Å². The standard InChI is InChI=1S/C21H30N2O4/c1-2-3-13-23-17-10-6-5-9-15(17)14-16(19(23)25)18(24)22-21(20(26)27)11-7-4-8-12-21/h14H,2-13H2,1H3,(H,22,24)(H,26,27). The minimum Gasteiger partial charge on any atom is -0.480 e. The highest BCUT2D eigenvalue weighted by molar-refractivity contribution is 5.97. The lowest BCUT2D eigenvalue weighted by Crippen LogP contribution is -2.56. The quantitative estimate of drug-likeness (QED) is 0.801. The monoisotopic (exact) mass is 374 g/mol. The molecule has 0 spiro atoms. The van der Waals surface area contributed by atoms with E-state index in [1.807, 2.05) is 0 Å². The number of nitrogens with zero attached hydrogens (tertiary/aromatic N) is 1. The molecule has 1 heterocycles. The first kappa shape index (κ1) is 19.6. The van der Waals surface area contributed by atoms with Gasteiger partial charge < -0.3 is 15.0 Å². The van der Waals surface area contributed by atoms with Crippen molar-refractivity contribution >= 4 is 11.9 Å². The number of aliphatic carboxylic acids is 1. The number of aryl methyl sites for hydroxylation is 1. The third-order valence-electron chi connectivity index (χ3n) is 6.05. The van der Waals surface area contributed by atoms with Crippen molar-refractivity contribution in [2.45, 2.75) is 89.6 Å². The topological polar surface area (TPSA) is 88.4 Å². The van der Waals surface area contributed by atoms with E-state index in [9.17, 15) is 19.5 Å². The number of carbonyl (C=O) groups excluding carboxylic acids is 1. The number of carboxylic acid groups (broad SMARTS) is 1. The number of hydrogen-bond donors (Lipinski definition) is 2. The van der Waals surface area contributed by atoms with E-state index in [4.69, 9.17) is 0 Å². The smallest absolute Gasteiger partial charge is 0.329 e. The van der Waals surface area contributed by atoms with Gasteiger partial charge in [-0.25, -0.2) is 4.79 Å². The zero-order valence-electron chi connectivity index (χ0n) is 16.2. The second-order valence-electron chi connectivity index (χ2n) is 7.95. The lowest BCUT2D eigenvalue weighted by molar-refractivity contribution is -0.145. The van der Waals surface area contributed by atoms with Crippen molar-refractivity contribution in [2.75, 3.05) is 0 Å². The molecule has 0 radical (unpaired) electrons. The van der Waals surface area contributed by atoms with Crippen LogP contribution in [0.5, 0.6) is 0 Å². The van der Waals surface area contributed by atoms with Crippen LogP contribution in [0.25, 0.3) is 0 Å². The summed E-state index contributed by atoms with van der Waals surface area (Å²) in [5.74, 6) is -1.54. The second-order valence-corrected chi connectivity index (χ2v) is 7.95. The molecular weight excluding hydrogens is 344 g/mol. The van der Waals surface area contributed by atoms with Gasteiger partial charge in [0.15, 0.2) is 0 Å².